The zero-order valence-electron chi connectivity index (χ0n) is 9.34. The number of amides is 1. The molecule has 2 N–H and O–H groups in total. The van der Waals surface area contributed by atoms with Crippen LogP contribution in [0.2, 0.25) is 0 Å². The third-order valence-electron chi connectivity index (χ3n) is 3.49. The predicted octanol–water partition coefficient (Wildman–Crippen LogP) is 1.12. The molecule has 2 fully saturated rings. The third-order valence-corrected chi connectivity index (χ3v) is 3.49. The molecule has 1 atom stereocenters. The summed E-state index contributed by atoms with van der Waals surface area (Å²) >= 11 is 0. The van der Waals surface area contributed by atoms with E-state index in [0.29, 0.717) is 0 Å². The molecule has 2 aliphatic rings. The molecular formula is C11H20N2O2. The first-order chi connectivity index (χ1) is 7.21. The van der Waals surface area contributed by atoms with Gasteiger partial charge in [0.05, 0.1) is 11.6 Å². The lowest BCUT2D eigenvalue weighted by Crippen LogP contribution is -2.51. The van der Waals surface area contributed by atoms with E-state index in [1.165, 1.54) is 12.8 Å². The largest absolute Gasteiger partial charge is 0.303 e. The van der Waals surface area contributed by atoms with E-state index in [0.717, 1.165) is 32.2 Å². The highest BCUT2D eigenvalue weighted by Crippen LogP contribution is 2.21. The van der Waals surface area contributed by atoms with Crippen molar-refractivity contribution in [1.82, 2.24) is 10.8 Å². The van der Waals surface area contributed by atoms with E-state index in [1.54, 1.807) is 0 Å². The molecule has 86 valence electrons. The van der Waals surface area contributed by atoms with Crippen molar-refractivity contribution in [3.63, 3.8) is 0 Å². The number of nitrogens with one attached hydrogen (secondary N) is 2. The summed E-state index contributed by atoms with van der Waals surface area (Å²) in [5, 5.41) is 3.22. The minimum Gasteiger partial charge on any atom is -0.303 e. The summed E-state index contributed by atoms with van der Waals surface area (Å²) in [6.45, 7) is 2.86. The standard InChI is InChI=1S/C11H20N2O2/c1-11(7-4-8-12-11)10(14)13-15-9-5-2-3-6-9/h9,12H,2-8H2,1H3,(H,13,14). The van der Waals surface area contributed by atoms with Crippen molar-refractivity contribution in [1.29, 1.82) is 0 Å². The molecule has 1 heterocycles. The van der Waals surface area contributed by atoms with Gasteiger partial charge in [0.15, 0.2) is 0 Å². The van der Waals surface area contributed by atoms with E-state index >= 15 is 0 Å². The fraction of sp³-hybridized carbons (Fsp3) is 0.909. The molecule has 0 radical (unpaired) electrons. The van der Waals surface area contributed by atoms with Crippen LogP contribution in [0, 0.1) is 0 Å². The Labute approximate surface area is 90.7 Å². The average molecular weight is 212 g/mol. The van der Waals surface area contributed by atoms with Gasteiger partial charge in [0, 0.05) is 0 Å². The highest BCUT2D eigenvalue weighted by molar-refractivity contribution is 5.85. The van der Waals surface area contributed by atoms with E-state index in [-0.39, 0.29) is 12.0 Å². The molecule has 0 aromatic carbocycles. The molecule has 1 aliphatic carbocycles. The van der Waals surface area contributed by atoms with Crippen LogP contribution in [0.4, 0.5) is 0 Å². The molecule has 1 amide bonds. The highest BCUT2D eigenvalue weighted by atomic mass is 16.7. The van der Waals surface area contributed by atoms with E-state index < -0.39 is 5.54 Å². The van der Waals surface area contributed by atoms with Crippen LogP contribution < -0.4 is 10.8 Å². The Kier molecular flexibility index (Phi) is 3.26. The molecular weight excluding hydrogens is 192 g/mol. The van der Waals surface area contributed by atoms with Crippen LogP contribution in [-0.4, -0.2) is 24.1 Å². The smallest absolute Gasteiger partial charge is 0.263 e. The maximum Gasteiger partial charge on any atom is 0.263 e. The Morgan fingerprint density at radius 3 is 2.73 bits per heavy atom. The highest BCUT2D eigenvalue weighted by Gasteiger charge is 2.36. The van der Waals surface area contributed by atoms with Crippen molar-refractivity contribution >= 4 is 5.91 Å². The second-order valence-electron chi connectivity index (χ2n) is 4.82. The van der Waals surface area contributed by atoms with Gasteiger partial charge in [-0.1, -0.05) is 12.8 Å². The molecule has 0 aromatic rings. The molecule has 0 bridgehead atoms. The molecule has 4 heteroatoms. The first kappa shape index (κ1) is 10.9. The van der Waals surface area contributed by atoms with Crippen LogP contribution in [-0.2, 0) is 9.63 Å². The summed E-state index contributed by atoms with van der Waals surface area (Å²) in [6.07, 6.45) is 6.78. The van der Waals surface area contributed by atoms with Crippen molar-refractivity contribution in [3.8, 4) is 0 Å². The topological polar surface area (TPSA) is 50.4 Å². The molecule has 0 aromatic heterocycles. The van der Waals surface area contributed by atoms with Crippen LogP contribution in [0.1, 0.15) is 45.4 Å². The van der Waals surface area contributed by atoms with Gasteiger partial charge in [-0.25, -0.2) is 5.48 Å². The fourth-order valence-corrected chi connectivity index (χ4v) is 2.34. The predicted molar refractivity (Wildman–Crippen MR) is 57.1 cm³/mol. The maximum atomic E-state index is 11.8. The number of hydrogen-bond donors (Lipinski definition) is 2. The quantitative estimate of drug-likeness (QED) is 0.689. The van der Waals surface area contributed by atoms with Gasteiger partial charge >= 0.3 is 0 Å². The Balaban J connectivity index is 1.76. The number of carbonyl (C=O) groups excluding carboxylic acids is 1. The maximum absolute atomic E-state index is 11.8. The molecule has 4 nitrogen and oxygen atoms in total. The number of hydrogen-bond acceptors (Lipinski definition) is 3. The molecule has 1 aliphatic heterocycles. The van der Waals surface area contributed by atoms with Crippen LogP contribution >= 0.6 is 0 Å². The van der Waals surface area contributed by atoms with Crippen LogP contribution in [0.3, 0.4) is 0 Å². The van der Waals surface area contributed by atoms with Gasteiger partial charge in [-0.2, -0.15) is 0 Å². The molecule has 1 saturated carbocycles. The van der Waals surface area contributed by atoms with E-state index in [4.69, 9.17) is 4.84 Å². The molecule has 1 saturated heterocycles. The molecule has 0 spiro atoms. The Hall–Kier alpha value is -0.610. The monoisotopic (exact) mass is 212 g/mol. The zero-order valence-corrected chi connectivity index (χ0v) is 9.34. The lowest BCUT2D eigenvalue weighted by atomic mass is 10.00. The zero-order chi connectivity index (χ0) is 10.7. The molecule has 1 unspecified atom stereocenters. The van der Waals surface area contributed by atoms with Gasteiger partial charge < -0.3 is 5.32 Å². The van der Waals surface area contributed by atoms with Gasteiger partial charge in [-0.15, -0.1) is 0 Å². The van der Waals surface area contributed by atoms with Gasteiger partial charge in [0.1, 0.15) is 0 Å². The fourth-order valence-electron chi connectivity index (χ4n) is 2.34. The summed E-state index contributed by atoms with van der Waals surface area (Å²) in [5.41, 5.74) is 2.19. The van der Waals surface area contributed by atoms with Gasteiger partial charge in [-0.3, -0.25) is 9.63 Å². The van der Waals surface area contributed by atoms with Crippen LogP contribution in [0.25, 0.3) is 0 Å². The second kappa shape index (κ2) is 4.49. The summed E-state index contributed by atoms with van der Waals surface area (Å²) < 4.78 is 0. The third kappa shape index (κ3) is 2.49. The van der Waals surface area contributed by atoms with Crippen molar-refractivity contribution in [2.24, 2.45) is 0 Å². The lowest BCUT2D eigenvalue weighted by molar-refractivity contribution is -0.144. The first-order valence-electron chi connectivity index (χ1n) is 5.92. The Morgan fingerprint density at radius 1 is 1.40 bits per heavy atom. The van der Waals surface area contributed by atoms with E-state index in [9.17, 15) is 4.79 Å². The molecule has 15 heavy (non-hydrogen) atoms. The molecule has 2 rings (SSSR count). The summed E-state index contributed by atoms with van der Waals surface area (Å²) in [5.74, 6) is -0.0214. The number of rotatable bonds is 3. The lowest BCUT2D eigenvalue weighted by Gasteiger charge is -2.23. The van der Waals surface area contributed by atoms with Crippen molar-refractivity contribution in [3.05, 3.63) is 0 Å². The van der Waals surface area contributed by atoms with Crippen molar-refractivity contribution in [2.75, 3.05) is 6.54 Å². The van der Waals surface area contributed by atoms with Crippen molar-refractivity contribution in [2.45, 2.75) is 57.1 Å². The van der Waals surface area contributed by atoms with Crippen molar-refractivity contribution < 1.29 is 9.63 Å². The minimum absolute atomic E-state index is 0.0214. The SMILES string of the molecule is CC1(C(=O)NOC2CCCC2)CCCN1. The summed E-state index contributed by atoms with van der Waals surface area (Å²) in [4.78, 5) is 17.2. The average Bonchev–Trinajstić information content (AvgIpc) is 2.85. The van der Waals surface area contributed by atoms with E-state index in [1.807, 2.05) is 6.92 Å². The summed E-state index contributed by atoms with van der Waals surface area (Å²) in [7, 11) is 0. The minimum atomic E-state index is -0.418. The Morgan fingerprint density at radius 2 is 2.13 bits per heavy atom. The van der Waals surface area contributed by atoms with Gasteiger partial charge in [0.25, 0.3) is 5.91 Å². The normalized spacial score (nSPS) is 32.1. The Bertz CT molecular complexity index is 231. The number of hydroxylamine groups is 1. The first-order valence-corrected chi connectivity index (χ1v) is 5.92. The van der Waals surface area contributed by atoms with Crippen LogP contribution in [0.15, 0.2) is 0 Å². The van der Waals surface area contributed by atoms with Gasteiger partial charge in [0.2, 0.25) is 0 Å². The second-order valence-corrected chi connectivity index (χ2v) is 4.82. The summed E-state index contributed by atoms with van der Waals surface area (Å²) in [6, 6.07) is 0. The van der Waals surface area contributed by atoms with Crippen LogP contribution in [0.5, 0.6) is 0 Å². The number of carbonyl (C=O) groups is 1. The van der Waals surface area contributed by atoms with E-state index in [2.05, 4.69) is 10.8 Å². The van der Waals surface area contributed by atoms with Gasteiger partial charge in [-0.05, 0) is 39.2 Å².